The number of rotatable bonds is 1. The Labute approximate surface area is 90.5 Å². The van der Waals surface area contributed by atoms with Gasteiger partial charge in [-0.05, 0) is 36.5 Å². The van der Waals surface area contributed by atoms with E-state index in [0.717, 1.165) is 25.6 Å². The number of phenols is 1. The van der Waals surface area contributed by atoms with Crippen LogP contribution in [0.1, 0.15) is 30.4 Å². The molecule has 2 heteroatoms. The first kappa shape index (κ1) is 9.22. The molecule has 0 unspecified atom stereocenters. The van der Waals surface area contributed by atoms with E-state index in [1.807, 2.05) is 6.07 Å². The fraction of sp³-hybridized carbons (Fsp3) is 0.538. The molecule has 0 bridgehead atoms. The lowest BCUT2D eigenvalue weighted by Crippen LogP contribution is -2.42. The third-order valence-corrected chi connectivity index (χ3v) is 3.86. The van der Waals surface area contributed by atoms with Gasteiger partial charge in [-0.3, -0.25) is 4.90 Å². The van der Waals surface area contributed by atoms with Crippen molar-refractivity contribution in [2.45, 2.75) is 38.3 Å². The Balaban J connectivity index is 1.83. The van der Waals surface area contributed by atoms with E-state index in [0.29, 0.717) is 5.75 Å². The van der Waals surface area contributed by atoms with Crippen LogP contribution in [0.2, 0.25) is 0 Å². The van der Waals surface area contributed by atoms with Crippen LogP contribution in [0.5, 0.6) is 5.75 Å². The highest BCUT2D eigenvalue weighted by Gasteiger charge is 2.28. The summed E-state index contributed by atoms with van der Waals surface area (Å²) in [5, 5.41) is 9.73. The average Bonchev–Trinajstić information content (AvgIpc) is 2.15. The van der Waals surface area contributed by atoms with Crippen molar-refractivity contribution in [2.24, 2.45) is 0 Å². The monoisotopic (exact) mass is 203 g/mol. The fourth-order valence-corrected chi connectivity index (χ4v) is 2.67. The molecule has 15 heavy (non-hydrogen) atoms. The minimum Gasteiger partial charge on any atom is -0.508 e. The van der Waals surface area contributed by atoms with Crippen molar-refractivity contribution >= 4 is 0 Å². The van der Waals surface area contributed by atoms with Crippen molar-refractivity contribution in [1.29, 1.82) is 0 Å². The summed E-state index contributed by atoms with van der Waals surface area (Å²) in [6.07, 6.45) is 5.15. The van der Waals surface area contributed by atoms with Gasteiger partial charge in [0.05, 0.1) is 0 Å². The Hall–Kier alpha value is -1.02. The summed E-state index contributed by atoms with van der Waals surface area (Å²) < 4.78 is 0. The number of hydrogen-bond donors (Lipinski definition) is 1. The van der Waals surface area contributed by atoms with Crippen LogP contribution in [0.25, 0.3) is 0 Å². The van der Waals surface area contributed by atoms with E-state index >= 15 is 0 Å². The highest BCUT2D eigenvalue weighted by Crippen LogP contribution is 2.32. The molecule has 1 aliphatic heterocycles. The maximum Gasteiger partial charge on any atom is 0.119 e. The van der Waals surface area contributed by atoms with Gasteiger partial charge in [0.1, 0.15) is 5.75 Å². The van der Waals surface area contributed by atoms with Gasteiger partial charge >= 0.3 is 0 Å². The van der Waals surface area contributed by atoms with Crippen molar-refractivity contribution in [2.75, 3.05) is 6.54 Å². The Bertz CT molecular complexity index is 371. The molecule has 1 aromatic carbocycles. The predicted octanol–water partition coefficient (Wildman–Crippen LogP) is 2.30. The minimum atomic E-state index is 0.487. The molecule has 2 nitrogen and oxygen atoms in total. The van der Waals surface area contributed by atoms with Gasteiger partial charge in [-0.2, -0.15) is 0 Å². The first-order chi connectivity index (χ1) is 7.34. The van der Waals surface area contributed by atoms with E-state index in [4.69, 9.17) is 0 Å². The highest BCUT2D eigenvalue weighted by atomic mass is 16.3. The van der Waals surface area contributed by atoms with Crippen molar-refractivity contribution in [3.05, 3.63) is 29.3 Å². The molecule has 0 saturated heterocycles. The average molecular weight is 203 g/mol. The van der Waals surface area contributed by atoms with Crippen LogP contribution in [-0.4, -0.2) is 22.6 Å². The van der Waals surface area contributed by atoms with Crippen LogP contribution in [0, 0.1) is 0 Å². The van der Waals surface area contributed by atoms with Crippen molar-refractivity contribution < 1.29 is 5.11 Å². The summed E-state index contributed by atoms with van der Waals surface area (Å²) in [6, 6.07) is 6.73. The number of hydrogen-bond acceptors (Lipinski definition) is 2. The number of aromatic hydroxyl groups is 1. The fourth-order valence-electron chi connectivity index (χ4n) is 2.67. The lowest BCUT2D eigenvalue weighted by atomic mass is 9.88. The third kappa shape index (κ3) is 1.53. The molecule has 1 heterocycles. The first-order valence-corrected chi connectivity index (χ1v) is 5.88. The number of nitrogens with zero attached hydrogens (tertiary/aromatic N) is 1. The van der Waals surface area contributed by atoms with E-state index in [1.54, 1.807) is 6.07 Å². The van der Waals surface area contributed by atoms with Gasteiger partial charge in [0.15, 0.2) is 0 Å². The maximum atomic E-state index is 9.73. The molecule has 0 atom stereocenters. The maximum absolute atomic E-state index is 9.73. The summed E-state index contributed by atoms with van der Waals surface area (Å²) >= 11 is 0. The largest absolute Gasteiger partial charge is 0.508 e. The van der Waals surface area contributed by atoms with Crippen molar-refractivity contribution in [3.8, 4) is 5.75 Å². The van der Waals surface area contributed by atoms with Gasteiger partial charge < -0.3 is 5.11 Å². The molecule has 1 fully saturated rings. The van der Waals surface area contributed by atoms with Gasteiger partial charge in [-0.1, -0.05) is 18.6 Å². The highest BCUT2D eigenvalue weighted by molar-refractivity contribution is 5.40. The Morgan fingerprint density at radius 3 is 2.87 bits per heavy atom. The quantitative estimate of drug-likeness (QED) is 0.757. The Morgan fingerprint density at radius 1 is 1.27 bits per heavy atom. The Kier molecular flexibility index (Phi) is 2.17. The van der Waals surface area contributed by atoms with Gasteiger partial charge in [0, 0.05) is 19.1 Å². The Morgan fingerprint density at radius 2 is 2.13 bits per heavy atom. The number of benzene rings is 1. The van der Waals surface area contributed by atoms with Gasteiger partial charge in [0.25, 0.3) is 0 Å². The zero-order valence-electron chi connectivity index (χ0n) is 8.95. The predicted molar refractivity (Wildman–Crippen MR) is 59.9 cm³/mol. The van der Waals surface area contributed by atoms with Gasteiger partial charge in [-0.25, -0.2) is 0 Å². The van der Waals surface area contributed by atoms with E-state index in [-0.39, 0.29) is 0 Å². The normalized spacial score (nSPS) is 22.1. The zero-order chi connectivity index (χ0) is 10.3. The minimum absolute atomic E-state index is 0.487. The van der Waals surface area contributed by atoms with Crippen LogP contribution in [-0.2, 0) is 13.0 Å². The molecule has 3 rings (SSSR count). The van der Waals surface area contributed by atoms with Crippen LogP contribution in [0.15, 0.2) is 18.2 Å². The molecule has 1 aromatic rings. The SMILES string of the molecule is Oc1cccc2c1CCN(C1CCC1)C2. The second-order valence-electron chi connectivity index (χ2n) is 4.72. The molecule has 1 N–H and O–H groups in total. The summed E-state index contributed by atoms with van der Waals surface area (Å²) in [6.45, 7) is 2.16. The van der Waals surface area contributed by atoms with Crippen LogP contribution < -0.4 is 0 Å². The number of phenolic OH excluding ortho intramolecular Hbond substituents is 1. The van der Waals surface area contributed by atoms with Gasteiger partial charge in [-0.15, -0.1) is 0 Å². The topological polar surface area (TPSA) is 23.5 Å². The van der Waals surface area contributed by atoms with E-state index in [9.17, 15) is 5.11 Å². The smallest absolute Gasteiger partial charge is 0.119 e. The standard InChI is InChI=1S/C13H17NO/c15-13-6-1-3-10-9-14(8-7-12(10)13)11-4-2-5-11/h1,3,6,11,15H,2,4-5,7-9H2. The summed E-state index contributed by atoms with van der Waals surface area (Å²) in [4.78, 5) is 2.57. The van der Waals surface area contributed by atoms with Crippen molar-refractivity contribution in [1.82, 2.24) is 4.90 Å². The van der Waals surface area contributed by atoms with E-state index < -0.39 is 0 Å². The molecular weight excluding hydrogens is 186 g/mol. The molecular formula is C13H17NO. The molecule has 1 aliphatic carbocycles. The van der Waals surface area contributed by atoms with Crippen LogP contribution in [0.3, 0.4) is 0 Å². The molecule has 80 valence electrons. The van der Waals surface area contributed by atoms with Crippen LogP contribution in [0.4, 0.5) is 0 Å². The second-order valence-corrected chi connectivity index (χ2v) is 4.72. The molecule has 0 aromatic heterocycles. The van der Waals surface area contributed by atoms with E-state index in [2.05, 4.69) is 11.0 Å². The third-order valence-electron chi connectivity index (χ3n) is 3.86. The van der Waals surface area contributed by atoms with Crippen molar-refractivity contribution in [3.63, 3.8) is 0 Å². The summed E-state index contributed by atoms with van der Waals surface area (Å²) in [5.74, 6) is 0.487. The van der Waals surface area contributed by atoms with Crippen LogP contribution >= 0.6 is 0 Å². The summed E-state index contributed by atoms with van der Waals surface area (Å²) in [5.41, 5.74) is 2.50. The first-order valence-electron chi connectivity index (χ1n) is 5.88. The molecule has 0 radical (unpaired) electrons. The second kappa shape index (κ2) is 3.53. The zero-order valence-corrected chi connectivity index (χ0v) is 8.95. The molecule has 0 amide bonds. The lowest BCUT2D eigenvalue weighted by molar-refractivity contribution is 0.113. The lowest BCUT2D eigenvalue weighted by Gasteiger charge is -2.40. The molecule has 2 aliphatic rings. The van der Waals surface area contributed by atoms with E-state index in [1.165, 1.54) is 30.4 Å². The van der Waals surface area contributed by atoms with Gasteiger partial charge in [0.2, 0.25) is 0 Å². The number of fused-ring (bicyclic) bond motifs is 1. The molecule has 1 saturated carbocycles. The summed E-state index contributed by atoms with van der Waals surface area (Å²) in [7, 11) is 0. The molecule has 0 spiro atoms.